The number of hydrogen-bond donors (Lipinski definition) is 1. The van der Waals surface area contributed by atoms with Gasteiger partial charge in [-0.25, -0.2) is 0 Å². The summed E-state index contributed by atoms with van der Waals surface area (Å²) >= 11 is 3.51. The SMILES string of the molecule is CC(C)C(=O)NC(C)(C)c1ccccc1Br. The lowest BCUT2D eigenvalue weighted by Crippen LogP contribution is -2.43. The minimum absolute atomic E-state index is 0.00163. The summed E-state index contributed by atoms with van der Waals surface area (Å²) in [6.07, 6.45) is 0. The maximum absolute atomic E-state index is 11.7. The van der Waals surface area contributed by atoms with Crippen LogP contribution in [0.4, 0.5) is 0 Å². The molecule has 2 nitrogen and oxygen atoms in total. The van der Waals surface area contributed by atoms with Crippen LogP contribution >= 0.6 is 15.9 Å². The van der Waals surface area contributed by atoms with Crippen LogP contribution in [0.15, 0.2) is 28.7 Å². The van der Waals surface area contributed by atoms with Gasteiger partial charge in [0.1, 0.15) is 0 Å². The molecule has 0 atom stereocenters. The lowest BCUT2D eigenvalue weighted by Gasteiger charge is -2.29. The van der Waals surface area contributed by atoms with E-state index in [0.717, 1.165) is 10.0 Å². The van der Waals surface area contributed by atoms with Crippen LogP contribution in [0.5, 0.6) is 0 Å². The standard InChI is InChI=1S/C13H18BrNO/c1-9(2)12(16)15-13(3,4)10-7-5-6-8-11(10)14/h5-9H,1-4H3,(H,15,16). The molecule has 0 saturated carbocycles. The molecule has 0 aliphatic heterocycles. The van der Waals surface area contributed by atoms with Crippen molar-refractivity contribution in [3.8, 4) is 0 Å². The van der Waals surface area contributed by atoms with Gasteiger partial charge < -0.3 is 5.32 Å². The summed E-state index contributed by atoms with van der Waals surface area (Å²) in [6, 6.07) is 7.95. The Morgan fingerprint density at radius 2 is 1.88 bits per heavy atom. The highest BCUT2D eigenvalue weighted by Crippen LogP contribution is 2.27. The molecule has 0 aromatic heterocycles. The van der Waals surface area contributed by atoms with Gasteiger partial charge in [-0.15, -0.1) is 0 Å². The molecule has 1 rings (SSSR count). The second-order valence-corrected chi connectivity index (χ2v) is 5.60. The van der Waals surface area contributed by atoms with E-state index in [2.05, 4.69) is 21.2 Å². The minimum atomic E-state index is -0.360. The number of nitrogens with one attached hydrogen (secondary N) is 1. The molecule has 1 aromatic carbocycles. The van der Waals surface area contributed by atoms with Crippen molar-refractivity contribution in [3.05, 3.63) is 34.3 Å². The number of benzene rings is 1. The zero-order valence-electron chi connectivity index (χ0n) is 10.2. The van der Waals surface area contributed by atoms with Crippen LogP contribution in [0.1, 0.15) is 33.3 Å². The molecule has 0 radical (unpaired) electrons. The molecule has 0 spiro atoms. The largest absolute Gasteiger partial charge is 0.347 e. The van der Waals surface area contributed by atoms with Gasteiger partial charge in [-0.2, -0.15) is 0 Å². The predicted octanol–water partition coefficient (Wildman–Crippen LogP) is 3.46. The van der Waals surface area contributed by atoms with Crippen molar-refractivity contribution in [1.29, 1.82) is 0 Å². The Balaban J connectivity index is 2.94. The first kappa shape index (κ1) is 13.2. The molecule has 88 valence electrons. The van der Waals surface area contributed by atoms with E-state index in [1.54, 1.807) is 0 Å². The third-order valence-corrected chi connectivity index (χ3v) is 3.20. The highest BCUT2D eigenvalue weighted by molar-refractivity contribution is 9.10. The summed E-state index contributed by atoms with van der Waals surface area (Å²) in [5, 5.41) is 3.04. The fourth-order valence-corrected chi connectivity index (χ4v) is 2.27. The van der Waals surface area contributed by atoms with Gasteiger partial charge in [0.25, 0.3) is 0 Å². The lowest BCUT2D eigenvalue weighted by atomic mass is 9.93. The van der Waals surface area contributed by atoms with E-state index >= 15 is 0 Å². The molecule has 16 heavy (non-hydrogen) atoms. The van der Waals surface area contributed by atoms with Gasteiger partial charge in [0.05, 0.1) is 5.54 Å². The smallest absolute Gasteiger partial charge is 0.223 e. The maximum atomic E-state index is 11.7. The Labute approximate surface area is 106 Å². The summed E-state index contributed by atoms with van der Waals surface area (Å²) in [4.78, 5) is 11.7. The van der Waals surface area contributed by atoms with Gasteiger partial charge in [0, 0.05) is 10.4 Å². The first-order chi connectivity index (χ1) is 7.34. The van der Waals surface area contributed by atoms with Crippen LogP contribution in [-0.4, -0.2) is 5.91 Å². The average molecular weight is 284 g/mol. The number of carbonyl (C=O) groups is 1. The molecule has 1 N–H and O–H groups in total. The van der Waals surface area contributed by atoms with Crippen molar-refractivity contribution in [2.45, 2.75) is 33.2 Å². The molecule has 0 bridgehead atoms. The summed E-state index contributed by atoms with van der Waals surface area (Å²) in [5.74, 6) is 0.0718. The number of amides is 1. The average Bonchev–Trinajstić information content (AvgIpc) is 2.17. The molecular weight excluding hydrogens is 266 g/mol. The Morgan fingerprint density at radius 1 is 1.31 bits per heavy atom. The van der Waals surface area contributed by atoms with E-state index in [1.807, 2.05) is 52.0 Å². The van der Waals surface area contributed by atoms with Crippen molar-refractivity contribution < 1.29 is 4.79 Å². The molecule has 0 heterocycles. The molecule has 0 fully saturated rings. The van der Waals surface area contributed by atoms with Crippen molar-refractivity contribution in [1.82, 2.24) is 5.32 Å². The van der Waals surface area contributed by atoms with Gasteiger partial charge >= 0.3 is 0 Å². The number of hydrogen-bond acceptors (Lipinski definition) is 1. The van der Waals surface area contributed by atoms with Crippen LogP contribution in [0, 0.1) is 5.92 Å². The number of rotatable bonds is 3. The molecule has 1 amide bonds. The predicted molar refractivity (Wildman–Crippen MR) is 70.1 cm³/mol. The van der Waals surface area contributed by atoms with Gasteiger partial charge in [-0.3, -0.25) is 4.79 Å². The van der Waals surface area contributed by atoms with E-state index in [4.69, 9.17) is 0 Å². The zero-order chi connectivity index (χ0) is 12.3. The summed E-state index contributed by atoms with van der Waals surface area (Å²) in [5.41, 5.74) is 0.727. The van der Waals surface area contributed by atoms with Gasteiger partial charge in [-0.05, 0) is 25.5 Å². The fraction of sp³-hybridized carbons (Fsp3) is 0.462. The van der Waals surface area contributed by atoms with Crippen LogP contribution < -0.4 is 5.32 Å². The van der Waals surface area contributed by atoms with Gasteiger partial charge in [0.15, 0.2) is 0 Å². The molecular formula is C13H18BrNO. The highest BCUT2D eigenvalue weighted by Gasteiger charge is 2.25. The van der Waals surface area contributed by atoms with E-state index < -0.39 is 0 Å². The van der Waals surface area contributed by atoms with Crippen molar-refractivity contribution in [2.24, 2.45) is 5.92 Å². The second-order valence-electron chi connectivity index (χ2n) is 4.75. The second kappa shape index (κ2) is 5.00. The maximum Gasteiger partial charge on any atom is 0.223 e. The van der Waals surface area contributed by atoms with E-state index in [9.17, 15) is 4.79 Å². The van der Waals surface area contributed by atoms with Crippen molar-refractivity contribution in [3.63, 3.8) is 0 Å². The molecule has 0 saturated heterocycles. The lowest BCUT2D eigenvalue weighted by molar-refractivity contribution is -0.125. The highest BCUT2D eigenvalue weighted by atomic mass is 79.9. The van der Waals surface area contributed by atoms with Crippen molar-refractivity contribution >= 4 is 21.8 Å². The monoisotopic (exact) mass is 283 g/mol. The summed E-state index contributed by atoms with van der Waals surface area (Å²) in [6.45, 7) is 7.80. The van der Waals surface area contributed by atoms with Crippen LogP contribution in [0.25, 0.3) is 0 Å². The Morgan fingerprint density at radius 3 is 2.38 bits per heavy atom. The zero-order valence-corrected chi connectivity index (χ0v) is 11.8. The molecule has 0 aliphatic rings. The number of halogens is 1. The first-order valence-electron chi connectivity index (χ1n) is 5.41. The Kier molecular flexibility index (Phi) is 4.14. The molecule has 0 unspecified atom stereocenters. The molecule has 1 aromatic rings. The van der Waals surface area contributed by atoms with Crippen LogP contribution in [0.3, 0.4) is 0 Å². The topological polar surface area (TPSA) is 29.1 Å². The van der Waals surface area contributed by atoms with E-state index in [0.29, 0.717) is 0 Å². The third kappa shape index (κ3) is 3.08. The Bertz CT molecular complexity index is 385. The summed E-state index contributed by atoms with van der Waals surface area (Å²) < 4.78 is 1.02. The normalized spacial score (nSPS) is 11.6. The minimum Gasteiger partial charge on any atom is -0.347 e. The van der Waals surface area contributed by atoms with E-state index in [-0.39, 0.29) is 17.4 Å². The van der Waals surface area contributed by atoms with Gasteiger partial charge in [-0.1, -0.05) is 48.0 Å². The van der Waals surface area contributed by atoms with Crippen LogP contribution in [-0.2, 0) is 10.3 Å². The van der Waals surface area contributed by atoms with E-state index in [1.165, 1.54) is 0 Å². The number of carbonyl (C=O) groups excluding carboxylic acids is 1. The fourth-order valence-electron chi connectivity index (χ4n) is 1.49. The van der Waals surface area contributed by atoms with Gasteiger partial charge in [0.2, 0.25) is 5.91 Å². The summed E-state index contributed by atoms with van der Waals surface area (Å²) in [7, 11) is 0. The molecule has 3 heteroatoms. The first-order valence-corrected chi connectivity index (χ1v) is 6.21. The molecule has 0 aliphatic carbocycles. The third-order valence-electron chi connectivity index (χ3n) is 2.51. The Hall–Kier alpha value is -0.830. The van der Waals surface area contributed by atoms with Crippen LogP contribution in [0.2, 0.25) is 0 Å². The quantitative estimate of drug-likeness (QED) is 0.905. The van der Waals surface area contributed by atoms with Crippen molar-refractivity contribution in [2.75, 3.05) is 0 Å².